The second-order valence-corrected chi connectivity index (χ2v) is 10.1. The largest absolute Gasteiger partial charge is 0.367 e. The van der Waals surface area contributed by atoms with Crippen LogP contribution >= 0.6 is 0 Å². The molecular formula is C25H38N6O. The van der Waals surface area contributed by atoms with Crippen molar-refractivity contribution < 1.29 is 4.79 Å². The van der Waals surface area contributed by atoms with Crippen molar-refractivity contribution in [3.8, 4) is 0 Å². The van der Waals surface area contributed by atoms with Gasteiger partial charge in [-0.3, -0.25) is 0 Å². The Labute approximate surface area is 192 Å². The quantitative estimate of drug-likeness (QED) is 0.612. The molecule has 2 amide bonds. The number of para-hydroxylation sites is 1. The molecule has 1 aromatic heterocycles. The SMILES string of the molecule is Cc1nc(NC2CCC(NC(=O)Nc3c(C)cccc3C(C)(C)C)CC2)cc(N(C)C)n1. The van der Waals surface area contributed by atoms with E-state index < -0.39 is 0 Å². The first-order valence-electron chi connectivity index (χ1n) is 11.5. The van der Waals surface area contributed by atoms with Gasteiger partial charge in [0, 0.05) is 37.9 Å². The van der Waals surface area contributed by atoms with E-state index >= 15 is 0 Å². The molecule has 3 N–H and O–H groups in total. The molecule has 7 nitrogen and oxygen atoms in total. The summed E-state index contributed by atoms with van der Waals surface area (Å²) < 4.78 is 0. The van der Waals surface area contributed by atoms with Crippen LogP contribution < -0.4 is 20.9 Å². The molecule has 0 spiro atoms. The topological polar surface area (TPSA) is 82.2 Å². The summed E-state index contributed by atoms with van der Waals surface area (Å²) in [7, 11) is 3.96. The minimum Gasteiger partial charge on any atom is -0.367 e. The van der Waals surface area contributed by atoms with Gasteiger partial charge in [0.15, 0.2) is 0 Å². The molecule has 1 heterocycles. The van der Waals surface area contributed by atoms with Crippen LogP contribution in [0.1, 0.15) is 63.4 Å². The molecule has 0 bridgehead atoms. The first-order chi connectivity index (χ1) is 15.0. The molecule has 1 aliphatic rings. The Morgan fingerprint density at radius 1 is 1.03 bits per heavy atom. The molecular weight excluding hydrogens is 400 g/mol. The van der Waals surface area contributed by atoms with Crippen molar-refractivity contribution in [2.24, 2.45) is 0 Å². The van der Waals surface area contributed by atoms with Gasteiger partial charge in [0.2, 0.25) is 0 Å². The lowest BCUT2D eigenvalue weighted by Gasteiger charge is -2.30. The third-order valence-corrected chi connectivity index (χ3v) is 6.02. The predicted octanol–water partition coefficient (Wildman–Crippen LogP) is 5.00. The molecule has 174 valence electrons. The molecule has 3 rings (SSSR count). The van der Waals surface area contributed by atoms with Crippen LogP contribution in [-0.4, -0.2) is 42.2 Å². The summed E-state index contributed by atoms with van der Waals surface area (Å²) in [5.74, 6) is 2.53. The van der Waals surface area contributed by atoms with Gasteiger partial charge in [-0.2, -0.15) is 0 Å². The van der Waals surface area contributed by atoms with E-state index in [9.17, 15) is 4.79 Å². The molecule has 0 radical (unpaired) electrons. The highest BCUT2D eigenvalue weighted by Crippen LogP contribution is 2.32. The van der Waals surface area contributed by atoms with Crippen LogP contribution in [0.3, 0.4) is 0 Å². The normalized spacial score (nSPS) is 18.7. The molecule has 1 aromatic carbocycles. The van der Waals surface area contributed by atoms with Crippen molar-refractivity contribution in [2.45, 2.75) is 77.8 Å². The van der Waals surface area contributed by atoms with Crippen molar-refractivity contribution in [1.29, 1.82) is 0 Å². The molecule has 7 heteroatoms. The lowest BCUT2D eigenvalue weighted by molar-refractivity contribution is 0.243. The number of hydrogen-bond donors (Lipinski definition) is 3. The molecule has 0 unspecified atom stereocenters. The number of anilines is 3. The number of carbonyl (C=O) groups excluding carboxylic acids is 1. The van der Waals surface area contributed by atoms with Gasteiger partial charge in [-0.15, -0.1) is 0 Å². The van der Waals surface area contributed by atoms with E-state index in [4.69, 9.17) is 0 Å². The lowest BCUT2D eigenvalue weighted by atomic mass is 9.84. The zero-order chi connectivity index (χ0) is 23.5. The fraction of sp³-hybridized carbons (Fsp3) is 0.560. The van der Waals surface area contributed by atoms with Gasteiger partial charge in [0.1, 0.15) is 17.5 Å². The Hall–Kier alpha value is -2.83. The molecule has 32 heavy (non-hydrogen) atoms. The average molecular weight is 439 g/mol. The highest BCUT2D eigenvalue weighted by Gasteiger charge is 2.24. The van der Waals surface area contributed by atoms with Crippen molar-refractivity contribution in [3.63, 3.8) is 0 Å². The van der Waals surface area contributed by atoms with Gasteiger partial charge >= 0.3 is 6.03 Å². The number of benzene rings is 1. The maximum absolute atomic E-state index is 12.8. The van der Waals surface area contributed by atoms with Crippen molar-refractivity contribution in [2.75, 3.05) is 29.6 Å². The Kier molecular flexibility index (Phi) is 7.26. The smallest absolute Gasteiger partial charge is 0.319 e. The minimum atomic E-state index is -0.122. The first kappa shape index (κ1) is 23.8. The fourth-order valence-corrected chi connectivity index (χ4v) is 4.24. The second-order valence-electron chi connectivity index (χ2n) is 10.1. The van der Waals surface area contributed by atoms with E-state index in [1.54, 1.807) is 0 Å². The van der Waals surface area contributed by atoms with Gasteiger partial charge in [0.25, 0.3) is 0 Å². The minimum absolute atomic E-state index is 0.0375. The summed E-state index contributed by atoms with van der Waals surface area (Å²) >= 11 is 0. The third-order valence-electron chi connectivity index (χ3n) is 6.02. The number of hydrogen-bond acceptors (Lipinski definition) is 5. The number of aryl methyl sites for hydroxylation is 2. The molecule has 0 aliphatic heterocycles. The zero-order valence-corrected chi connectivity index (χ0v) is 20.5. The van der Waals surface area contributed by atoms with E-state index in [-0.39, 0.29) is 17.5 Å². The summed E-state index contributed by atoms with van der Waals surface area (Å²) in [6.07, 6.45) is 3.86. The van der Waals surface area contributed by atoms with Crippen LogP contribution in [0.4, 0.5) is 22.1 Å². The molecule has 1 saturated carbocycles. The maximum Gasteiger partial charge on any atom is 0.319 e. The van der Waals surface area contributed by atoms with E-state index in [0.717, 1.165) is 60.0 Å². The Morgan fingerprint density at radius 2 is 1.69 bits per heavy atom. The van der Waals surface area contributed by atoms with Crippen molar-refractivity contribution in [1.82, 2.24) is 15.3 Å². The summed E-state index contributed by atoms with van der Waals surface area (Å²) in [6.45, 7) is 10.5. The zero-order valence-electron chi connectivity index (χ0n) is 20.5. The highest BCUT2D eigenvalue weighted by atomic mass is 16.2. The molecule has 0 atom stereocenters. The van der Waals surface area contributed by atoms with Crippen LogP contribution in [0, 0.1) is 13.8 Å². The Morgan fingerprint density at radius 3 is 2.31 bits per heavy atom. The number of rotatable bonds is 5. The van der Waals surface area contributed by atoms with Gasteiger partial charge in [-0.1, -0.05) is 39.0 Å². The monoisotopic (exact) mass is 438 g/mol. The van der Waals surface area contributed by atoms with Crippen LogP contribution in [0.15, 0.2) is 24.3 Å². The number of nitrogens with zero attached hydrogens (tertiary/aromatic N) is 3. The Balaban J connectivity index is 1.54. The predicted molar refractivity (Wildman–Crippen MR) is 133 cm³/mol. The summed E-state index contributed by atoms with van der Waals surface area (Å²) in [4.78, 5) is 23.7. The lowest BCUT2D eigenvalue weighted by Crippen LogP contribution is -2.42. The van der Waals surface area contributed by atoms with Gasteiger partial charge in [-0.05, 0) is 56.1 Å². The summed E-state index contributed by atoms with van der Waals surface area (Å²) in [5.41, 5.74) is 3.11. The van der Waals surface area contributed by atoms with Gasteiger partial charge < -0.3 is 20.9 Å². The van der Waals surface area contributed by atoms with Gasteiger partial charge in [-0.25, -0.2) is 14.8 Å². The van der Waals surface area contributed by atoms with Crippen LogP contribution in [-0.2, 0) is 5.41 Å². The number of urea groups is 1. The highest BCUT2D eigenvalue weighted by molar-refractivity contribution is 5.91. The van der Waals surface area contributed by atoms with Crippen molar-refractivity contribution >= 4 is 23.4 Å². The number of aromatic nitrogens is 2. The number of carbonyl (C=O) groups is 1. The average Bonchev–Trinajstić information content (AvgIpc) is 2.69. The molecule has 0 saturated heterocycles. The molecule has 1 fully saturated rings. The summed E-state index contributed by atoms with van der Waals surface area (Å²) in [5, 5.41) is 9.86. The summed E-state index contributed by atoms with van der Waals surface area (Å²) in [6, 6.07) is 8.58. The van der Waals surface area contributed by atoms with E-state index in [1.165, 1.54) is 0 Å². The maximum atomic E-state index is 12.8. The Bertz CT molecular complexity index is 942. The standard InChI is InChI=1S/C25H38N6O/c1-16-9-8-10-20(25(3,4)5)23(16)30-24(32)29-19-13-11-18(12-14-19)28-21-15-22(31(6)7)27-17(2)26-21/h8-10,15,18-19H,11-14H2,1-7H3,(H,26,27,28)(H2,29,30,32). The van der Waals surface area contributed by atoms with Crippen LogP contribution in [0.25, 0.3) is 0 Å². The third kappa shape index (κ3) is 6.11. The van der Waals surface area contributed by atoms with E-state index in [0.29, 0.717) is 6.04 Å². The molecule has 1 aliphatic carbocycles. The fourth-order valence-electron chi connectivity index (χ4n) is 4.24. The van der Waals surface area contributed by atoms with Crippen LogP contribution in [0.5, 0.6) is 0 Å². The number of nitrogens with one attached hydrogen (secondary N) is 3. The first-order valence-corrected chi connectivity index (χ1v) is 11.5. The second kappa shape index (κ2) is 9.76. The van der Waals surface area contributed by atoms with Crippen molar-refractivity contribution in [3.05, 3.63) is 41.2 Å². The number of amides is 2. The van der Waals surface area contributed by atoms with E-state index in [2.05, 4.69) is 52.8 Å². The van der Waals surface area contributed by atoms with Crippen LogP contribution in [0.2, 0.25) is 0 Å². The van der Waals surface area contributed by atoms with Gasteiger partial charge in [0.05, 0.1) is 0 Å². The molecule has 2 aromatic rings. The van der Waals surface area contributed by atoms with E-state index in [1.807, 2.05) is 51.0 Å².